The second-order valence-corrected chi connectivity index (χ2v) is 12.4. The van der Waals surface area contributed by atoms with E-state index in [1.807, 2.05) is 42.5 Å². The first-order valence-corrected chi connectivity index (χ1v) is 14.7. The van der Waals surface area contributed by atoms with Crippen molar-refractivity contribution in [2.24, 2.45) is 23.5 Å². The lowest BCUT2D eigenvalue weighted by Crippen LogP contribution is -2.64. The molecule has 4 aliphatic rings. The number of nitrogens with zero attached hydrogens (tertiary/aromatic N) is 2. The number of carbonyl (C=O) groups is 2. The van der Waals surface area contributed by atoms with Crippen molar-refractivity contribution in [1.82, 2.24) is 14.9 Å². The Kier molecular flexibility index (Phi) is 6.46. The topological polar surface area (TPSA) is 116 Å². The molecule has 8 rings (SSSR count). The van der Waals surface area contributed by atoms with Crippen LogP contribution in [0.5, 0.6) is 0 Å². The quantitative estimate of drug-likeness (QED) is 0.337. The van der Waals surface area contributed by atoms with E-state index in [0.29, 0.717) is 45.6 Å². The monoisotopic (exact) mass is 562 g/mol. The van der Waals surface area contributed by atoms with Gasteiger partial charge >= 0.3 is 5.97 Å². The molecule has 0 saturated heterocycles. The summed E-state index contributed by atoms with van der Waals surface area (Å²) in [5.41, 5.74) is 9.26. The Labute approximate surface area is 243 Å². The summed E-state index contributed by atoms with van der Waals surface area (Å²) in [6.45, 7) is 0. The minimum absolute atomic E-state index is 0.0413. The Morgan fingerprint density at radius 3 is 2.38 bits per heavy atom. The molecule has 4 aromatic rings. The number of esters is 1. The summed E-state index contributed by atoms with van der Waals surface area (Å²) in [6.07, 6.45) is 7.22. The summed E-state index contributed by atoms with van der Waals surface area (Å²) in [7, 11) is 1.30. The van der Waals surface area contributed by atoms with E-state index in [4.69, 9.17) is 10.5 Å². The van der Waals surface area contributed by atoms with E-state index in [2.05, 4.69) is 10.3 Å². The van der Waals surface area contributed by atoms with Crippen LogP contribution in [0, 0.1) is 17.8 Å². The van der Waals surface area contributed by atoms with E-state index < -0.39 is 5.97 Å². The highest BCUT2D eigenvalue weighted by Crippen LogP contribution is 2.54. The van der Waals surface area contributed by atoms with Crippen LogP contribution < -0.4 is 16.5 Å². The molecule has 1 amide bonds. The third kappa shape index (κ3) is 4.50. The van der Waals surface area contributed by atoms with Crippen molar-refractivity contribution in [3.8, 4) is 5.69 Å². The number of pyridine rings is 2. The number of hydrogen-bond donors (Lipinski definition) is 2. The maximum atomic E-state index is 13.8. The van der Waals surface area contributed by atoms with Crippen LogP contribution in [0.1, 0.15) is 64.1 Å². The summed E-state index contributed by atoms with van der Waals surface area (Å²) in [4.78, 5) is 44.7. The predicted octanol–water partition coefficient (Wildman–Crippen LogP) is 4.40. The molecule has 2 aromatic heterocycles. The van der Waals surface area contributed by atoms with Crippen LogP contribution in [0.3, 0.4) is 0 Å². The molecule has 2 heterocycles. The summed E-state index contributed by atoms with van der Waals surface area (Å²) in [5, 5.41) is 3.75. The molecule has 2 aromatic carbocycles. The molecule has 0 aliphatic heterocycles. The summed E-state index contributed by atoms with van der Waals surface area (Å²) in [5.74, 6) is 0.908. The SMILES string of the molecule is COC(=O)c1c(Cc2ccc(C(=O)NC3[C@@H]4CC5C[C@H]3CC(N)(C5)C4)cc2)c(=O)c2cccnc2n1-c1ccccc1. The van der Waals surface area contributed by atoms with Crippen LogP contribution >= 0.6 is 0 Å². The molecule has 4 aliphatic carbocycles. The normalized spacial score (nSPS) is 25.9. The predicted molar refractivity (Wildman–Crippen MR) is 160 cm³/mol. The molecule has 8 nitrogen and oxygen atoms in total. The molecular weight excluding hydrogens is 528 g/mol. The number of rotatable bonds is 6. The number of fused-ring (bicyclic) bond motifs is 1. The molecule has 4 bridgehead atoms. The number of nitrogens with two attached hydrogens (primary N) is 1. The van der Waals surface area contributed by atoms with Gasteiger partial charge in [0.1, 0.15) is 11.3 Å². The highest BCUT2D eigenvalue weighted by Gasteiger charge is 2.54. The molecule has 4 saturated carbocycles. The molecule has 3 unspecified atom stereocenters. The van der Waals surface area contributed by atoms with E-state index in [-0.39, 0.29) is 35.0 Å². The zero-order chi connectivity index (χ0) is 29.0. The Hall–Kier alpha value is -4.30. The number of hydrogen-bond acceptors (Lipinski definition) is 6. The first-order valence-electron chi connectivity index (χ1n) is 14.7. The molecule has 3 N–H and O–H groups in total. The van der Waals surface area contributed by atoms with Gasteiger partial charge in [-0.15, -0.1) is 0 Å². The third-order valence-corrected chi connectivity index (χ3v) is 9.64. The zero-order valence-corrected chi connectivity index (χ0v) is 23.6. The number of benzene rings is 2. The molecule has 5 atom stereocenters. The van der Waals surface area contributed by atoms with Crippen molar-refractivity contribution in [2.45, 2.75) is 50.1 Å². The van der Waals surface area contributed by atoms with Gasteiger partial charge in [-0.25, -0.2) is 9.78 Å². The first kappa shape index (κ1) is 26.6. The fraction of sp³-hybridized carbons (Fsp3) is 0.353. The summed E-state index contributed by atoms with van der Waals surface area (Å²) < 4.78 is 6.85. The number of para-hydroxylation sites is 1. The fourth-order valence-corrected chi connectivity index (χ4v) is 8.10. The fourth-order valence-electron chi connectivity index (χ4n) is 8.10. The Morgan fingerprint density at radius 1 is 1.00 bits per heavy atom. The lowest BCUT2D eigenvalue weighted by molar-refractivity contribution is -0.0278. The van der Waals surface area contributed by atoms with Gasteiger partial charge in [0.05, 0.1) is 12.5 Å². The Bertz CT molecular complexity index is 1730. The second-order valence-electron chi connectivity index (χ2n) is 12.4. The van der Waals surface area contributed by atoms with Crippen molar-refractivity contribution >= 4 is 22.9 Å². The Balaban J connectivity index is 1.20. The third-order valence-electron chi connectivity index (χ3n) is 9.64. The zero-order valence-electron chi connectivity index (χ0n) is 23.6. The van der Waals surface area contributed by atoms with Gasteiger partial charge in [0.2, 0.25) is 0 Å². The molecule has 0 radical (unpaired) electrons. The van der Waals surface area contributed by atoms with Crippen molar-refractivity contribution in [2.75, 3.05) is 7.11 Å². The summed E-state index contributed by atoms with van der Waals surface area (Å²) in [6, 6.07) is 20.2. The van der Waals surface area contributed by atoms with E-state index in [0.717, 1.165) is 37.7 Å². The number of carbonyl (C=O) groups excluding carboxylic acids is 2. The average molecular weight is 563 g/mol. The smallest absolute Gasteiger partial charge is 0.355 e. The standard InChI is InChI=1S/C34H34N4O4/c1-42-33(41)29-27(30(39)26-8-5-13-36-31(26)38(29)25-6-3-2-4-7-25)16-20-9-11-22(12-10-20)32(40)37-28-23-14-21-15-24(28)19-34(35,17-21)18-23/h2-13,21,23-24,28H,14-19,35H2,1H3,(H,37,40)/t21?,23-,24+,28?,34?. The second kappa shape index (κ2) is 10.2. The van der Waals surface area contributed by atoms with Gasteiger partial charge in [-0.3, -0.25) is 14.2 Å². The largest absolute Gasteiger partial charge is 0.464 e. The van der Waals surface area contributed by atoms with Crippen LogP contribution in [0.25, 0.3) is 16.7 Å². The van der Waals surface area contributed by atoms with Crippen molar-refractivity contribution in [3.05, 3.63) is 106 Å². The van der Waals surface area contributed by atoms with E-state index in [9.17, 15) is 14.4 Å². The Morgan fingerprint density at radius 2 is 1.71 bits per heavy atom. The number of aromatic nitrogens is 2. The average Bonchev–Trinajstić information content (AvgIpc) is 2.99. The molecule has 8 heteroatoms. The van der Waals surface area contributed by atoms with Gasteiger partial charge in [-0.2, -0.15) is 0 Å². The molecule has 214 valence electrons. The van der Waals surface area contributed by atoms with Crippen LogP contribution in [-0.4, -0.2) is 40.1 Å². The van der Waals surface area contributed by atoms with Gasteiger partial charge < -0.3 is 15.8 Å². The highest BCUT2D eigenvalue weighted by molar-refractivity contribution is 5.95. The maximum absolute atomic E-state index is 13.8. The number of methoxy groups -OCH3 is 1. The molecule has 4 fully saturated rings. The maximum Gasteiger partial charge on any atom is 0.355 e. The number of amides is 1. The van der Waals surface area contributed by atoms with Crippen molar-refractivity contribution in [1.29, 1.82) is 0 Å². The van der Waals surface area contributed by atoms with Gasteiger partial charge in [0, 0.05) is 41.0 Å². The van der Waals surface area contributed by atoms with Crippen molar-refractivity contribution < 1.29 is 14.3 Å². The van der Waals surface area contributed by atoms with Gasteiger partial charge in [-0.1, -0.05) is 30.3 Å². The van der Waals surface area contributed by atoms with Gasteiger partial charge in [-0.05, 0) is 91.8 Å². The van der Waals surface area contributed by atoms with Gasteiger partial charge in [0.15, 0.2) is 5.43 Å². The van der Waals surface area contributed by atoms with E-state index in [1.54, 1.807) is 35.0 Å². The van der Waals surface area contributed by atoms with Gasteiger partial charge in [0.25, 0.3) is 5.91 Å². The van der Waals surface area contributed by atoms with E-state index in [1.165, 1.54) is 7.11 Å². The van der Waals surface area contributed by atoms with E-state index >= 15 is 0 Å². The number of nitrogens with one attached hydrogen (secondary N) is 1. The van der Waals surface area contributed by atoms with Crippen LogP contribution in [0.15, 0.2) is 77.7 Å². The molecule has 0 spiro atoms. The minimum atomic E-state index is -0.621. The minimum Gasteiger partial charge on any atom is -0.464 e. The molecular formula is C34H34N4O4. The first-order chi connectivity index (χ1) is 20.3. The number of ether oxygens (including phenoxy) is 1. The van der Waals surface area contributed by atoms with Crippen LogP contribution in [0.2, 0.25) is 0 Å². The highest BCUT2D eigenvalue weighted by atomic mass is 16.5. The van der Waals surface area contributed by atoms with Crippen molar-refractivity contribution in [3.63, 3.8) is 0 Å². The lowest BCUT2D eigenvalue weighted by atomic mass is 9.51. The molecule has 42 heavy (non-hydrogen) atoms. The van der Waals surface area contributed by atoms with Crippen LogP contribution in [-0.2, 0) is 11.2 Å². The van der Waals surface area contributed by atoms with Crippen LogP contribution in [0.4, 0.5) is 0 Å². The lowest BCUT2D eigenvalue weighted by Gasteiger charge is -2.58. The summed E-state index contributed by atoms with van der Waals surface area (Å²) >= 11 is 0.